The van der Waals surface area contributed by atoms with E-state index in [2.05, 4.69) is 50.4 Å². The van der Waals surface area contributed by atoms with Crippen LogP contribution in [0.25, 0.3) is 0 Å². The van der Waals surface area contributed by atoms with Gasteiger partial charge in [0.05, 0.1) is 33.8 Å². The first-order valence-corrected chi connectivity index (χ1v) is 31.3. The highest BCUT2D eigenvalue weighted by Gasteiger charge is 2.27. The molecule has 0 aromatic rings. The number of phosphoric acid groups is 1. The third-order valence-corrected chi connectivity index (χ3v) is 14.3. The lowest BCUT2D eigenvalue weighted by Crippen LogP contribution is -2.47. The summed E-state index contributed by atoms with van der Waals surface area (Å²) in [6.45, 7) is 6.84. The number of rotatable bonds is 54. The zero-order chi connectivity index (χ0) is 51.5. The Hall–Kier alpha value is -1.77. The van der Waals surface area contributed by atoms with E-state index in [0.717, 1.165) is 77.0 Å². The molecule has 412 valence electrons. The second kappa shape index (κ2) is 50.7. The van der Waals surface area contributed by atoms with Gasteiger partial charge in [-0.2, -0.15) is 0 Å². The number of nitrogens with one attached hydrogen (secondary N) is 1. The third kappa shape index (κ3) is 51.1. The number of unbranched alkanes of at least 4 members (excludes halogenated alkanes) is 34. The molecule has 0 spiro atoms. The second-order valence-corrected chi connectivity index (χ2v) is 22.9. The number of phosphoric ester groups is 1. The van der Waals surface area contributed by atoms with Crippen molar-refractivity contribution in [3.63, 3.8) is 0 Å². The molecule has 0 aromatic heterocycles. The predicted octanol–water partition coefficient (Wildman–Crippen LogP) is 17.3. The topological polar surface area (TPSA) is 114 Å². The molecule has 0 fully saturated rings. The van der Waals surface area contributed by atoms with Crippen LogP contribution in [-0.4, -0.2) is 69.4 Å². The number of allylic oxidation sites excluding steroid dienone is 5. The van der Waals surface area contributed by atoms with E-state index in [4.69, 9.17) is 13.8 Å². The van der Waals surface area contributed by atoms with Crippen molar-refractivity contribution < 1.29 is 37.3 Å². The maximum absolute atomic E-state index is 13.5. The van der Waals surface area contributed by atoms with Crippen LogP contribution in [-0.2, 0) is 27.9 Å². The van der Waals surface area contributed by atoms with E-state index in [0.29, 0.717) is 23.9 Å². The largest absolute Gasteiger partial charge is 0.756 e. The number of quaternary nitrogens is 1. The molecule has 10 heteroatoms. The summed E-state index contributed by atoms with van der Waals surface area (Å²) in [5.74, 6) is -0.556. The standard InChI is InChI=1S/C60H115N2O7P/c1-7-10-13-16-19-22-25-28-30-31-32-35-38-41-44-47-50-53-60(64)69-58(51-48-45-42-39-36-33-27-24-21-18-15-12-9-3)57(56-68-70(65,66)67-55-54-62(4,5)6)61-59(63)52-49-46-43-40-37-34-29-26-23-20-17-14-11-8-2/h28,30,34,37,48,51,57-58H,7-27,29,31-33,35-36,38-47,49-50,52-56H2,1-6H3,(H-,61,63,65,66)/b30-28+,37-34-,51-48+. The average molecular weight is 1010 g/mol. The Kier molecular flexibility index (Phi) is 49.5. The Morgan fingerprint density at radius 1 is 0.486 bits per heavy atom. The fourth-order valence-corrected chi connectivity index (χ4v) is 9.35. The van der Waals surface area contributed by atoms with Gasteiger partial charge in [0.1, 0.15) is 19.3 Å². The van der Waals surface area contributed by atoms with Crippen LogP contribution in [0.1, 0.15) is 284 Å². The van der Waals surface area contributed by atoms with Gasteiger partial charge < -0.3 is 28.5 Å². The van der Waals surface area contributed by atoms with Crippen molar-refractivity contribution in [1.82, 2.24) is 5.32 Å². The third-order valence-electron chi connectivity index (χ3n) is 13.3. The molecule has 0 bridgehead atoms. The number of hydrogen-bond donors (Lipinski definition) is 1. The zero-order valence-corrected chi connectivity index (χ0v) is 47.9. The quantitative estimate of drug-likeness (QED) is 0.0212. The van der Waals surface area contributed by atoms with Crippen LogP contribution in [0.15, 0.2) is 36.5 Å². The highest BCUT2D eigenvalue weighted by atomic mass is 31.2. The van der Waals surface area contributed by atoms with Crippen LogP contribution < -0.4 is 10.2 Å². The van der Waals surface area contributed by atoms with Crippen LogP contribution in [0.5, 0.6) is 0 Å². The Balaban J connectivity index is 5.35. The average Bonchev–Trinajstić information content (AvgIpc) is 3.32. The number of carbonyl (C=O) groups excluding carboxylic acids is 2. The molecule has 3 atom stereocenters. The minimum absolute atomic E-state index is 0.0242. The lowest BCUT2D eigenvalue weighted by molar-refractivity contribution is -0.870. The molecule has 1 N–H and O–H groups in total. The van der Waals surface area contributed by atoms with Gasteiger partial charge in [-0.1, -0.05) is 225 Å². The molecule has 0 rings (SSSR count). The van der Waals surface area contributed by atoms with Crippen LogP contribution in [0.4, 0.5) is 0 Å². The second-order valence-electron chi connectivity index (χ2n) is 21.5. The molecule has 0 radical (unpaired) electrons. The first kappa shape index (κ1) is 68.2. The molecule has 0 aliphatic rings. The highest BCUT2D eigenvalue weighted by molar-refractivity contribution is 7.45. The van der Waals surface area contributed by atoms with Crippen molar-refractivity contribution in [1.29, 1.82) is 0 Å². The summed E-state index contributed by atoms with van der Waals surface area (Å²) < 4.78 is 30.3. The molecule has 1 amide bonds. The van der Waals surface area contributed by atoms with Crippen molar-refractivity contribution in [2.24, 2.45) is 0 Å². The summed E-state index contributed by atoms with van der Waals surface area (Å²) in [5, 5.41) is 3.02. The predicted molar refractivity (Wildman–Crippen MR) is 298 cm³/mol. The number of hydrogen-bond acceptors (Lipinski definition) is 7. The van der Waals surface area contributed by atoms with Crippen LogP contribution in [0.3, 0.4) is 0 Å². The highest BCUT2D eigenvalue weighted by Crippen LogP contribution is 2.38. The molecule has 9 nitrogen and oxygen atoms in total. The summed E-state index contributed by atoms with van der Waals surface area (Å²) in [5.41, 5.74) is 0. The SMILES string of the molecule is CCCCCCCC/C=C/CCCCCCCCCC(=O)OC(/C=C/CCCCCCCCCCCCC)C(COP(=O)([O-])OCC[N+](C)(C)C)NC(=O)CCCCC/C=C\CCCCCCCCC. The first-order valence-electron chi connectivity index (χ1n) is 29.8. The number of carbonyl (C=O) groups is 2. The molecule has 3 unspecified atom stereocenters. The maximum atomic E-state index is 13.5. The van der Waals surface area contributed by atoms with Gasteiger partial charge >= 0.3 is 5.97 Å². The normalized spacial score (nSPS) is 14.0. The molecular weight excluding hydrogens is 892 g/mol. The number of amides is 1. The molecule has 0 heterocycles. The van der Waals surface area contributed by atoms with E-state index in [1.54, 1.807) is 0 Å². The Morgan fingerprint density at radius 2 is 0.829 bits per heavy atom. The van der Waals surface area contributed by atoms with Gasteiger partial charge in [-0.05, 0) is 83.1 Å². The van der Waals surface area contributed by atoms with Crippen molar-refractivity contribution >= 4 is 19.7 Å². The Morgan fingerprint density at radius 3 is 1.23 bits per heavy atom. The van der Waals surface area contributed by atoms with Crippen LogP contribution in [0.2, 0.25) is 0 Å². The van der Waals surface area contributed by atoms with E-state index in [9.17, 15) is 19.0 Å². The van der Waals surface area contributed by atoms with Gasteiger partial charge in [0.25, 0.3) is 7.82 Å². The fourth-order valence-electron chi connectivity index (χ4n) is 8.63. The minimum atomic E-state index is -4.70. The van der Waals surface area contributed by atoms with Crippen molar-refractivity contribution in [3.8, 4) is 0 Å². The zero-order valence-electron chi connectivity index (χ0n) is 47.0. The molecular formula is C60H115N2O7P. The van der Waals surface area contributed by atoms with E-state index < -0.39 is 26.6 Å². The molecule has 0 saturated heterocycles. The maximum Gasteiger partial charge on any atom is 0.306 e. The van der Waals surface area contributed by atoms with Gasteiger partial charge in [0.2, 0.25) is 5.91 Å². The van der Waals surface area contributed by atoms with E-state index in [1.807, 2.05) is 33.3 Å². The van der Waals surface area contributed by atoms with Gasteiger partial charge in [0.15, 0.2) is 0 Å². The summed E-state index contributed by atoms with van der Waals surface area (Å²) in [7, 11) is 1.18. The van der Waals surface area contributed by atoms with E-state index >= 15 is 0 Å². The summed E-state index contributed by atoms with van der Waals surface area (Å²) >= 11 is 0. The van der Waals surface area contributed by atoms with E-state index in [-0.39, 0.29) is 24.9 Å². The smallest absolute Gasteiger partial charge is 0.306 e. The first-order chi connectivity index (χ1) is 33.9. The minimum Gasteiger partial charge on any atom is -0.756 e. The number of likely N-dealkylation sites (N-methyl/N-ethyl adjacent to an activating group) is 1. The number of nitrogens with zero attached hydrogens (tertiary/aromatic N) is 1. The molecule has 70 heavy (non-hydrogen) atoms. The van der Waals surface area contributed by atoms with Crippen molar-refractivity contribution in [2.45, 2.75) is 296 Å². The lowest BCUT2D eigenvalue weighted by Gasteiger charge is -2.30. The van der Waals surface area contributed by atoms with E-state index in [1.165, 1.54) is 167 Å². The van der Waals surface area contributed by atoms with Crippen molar-refractivity contribution in [2.75, 3.05) is 40.9 Å². The molecule has 0 aliphatic carbocycles. The van der Waals surface area contributed by atoms with Crippen LogP contribution in [0, 0.1) is 0 Å². The fraction of sp³-hybridized carbons (Fsp3) is 0.867. The van der Waals surface area contributed by atoms with Gasteiger partial charge in [-0.25, -0.2) is 0 Å². The summed E-state index contributed by atoms with van der Waals surface area (Å²) in [6.07, 6.45) is 59.6. The van der Waals surface area contributed by atoms with Gasteiger partial charge in [-0.15, -0.1) is 0 Å². The summed E-state index contributed by atoms with van der Waals surface area (Å²) in [6, 6.07) is -0.894. The lowest BCUT2D eigenvalue weighted by atomic mass is 10.0. The van der Waals surface area contributed by atoms with Crippen molar-refractivity contribution in [3.05, 3.63) is 36.5 Å². The van der Waals surface area contributed by atoms with Gasteiger partial charge in [-0.3, -0.25) is 14.2 Å². The number of ether oxygens (including phenoxy) is 1. The molecule has 0 aliphatic heterocycles. The molecule has 0 saturated carbocycles. The van der Waals surface area contributed by atoms with Gasteiger partial charge in [0, 0.05) is 12.8 Å². The monoisotopic (exact) mass is 1010 g/mol. The summed E-state index contributed by atoms with van der Waals surface area (Å²) in [4.78, 5) is 39.9. The molecule has 0 aromatic carbocycles. The Bertz CT molecular complexity index is 1300. The number of esters is 1. The van der Waals surface area contributed by atoms with Crippen LogP contribution >= 0.6 is 7.82 Å². The Labute approximate surface area is 434 Å².